The average Bonchev–Trinajstić information content (AvgIpc) is 2.39. The van der Waals surface area contributed by atoms with Gasteiger partial charge in [0.05, 0.1) is 11.1 Å². The molecule has 0 heterocycles. The minimum atomic E-state index is -1.03. The average molecular weight is 351 g/mol. The lowest BCUT2D eigenvalue weighted by atomic mass is 9.99. The molecule has 2 rings (SSSR count). The van der Waals surface area contributed by atoms with Crippen LogP contribution in [0.15, 0.2) is 34.8 Å². The Hall–Kier alpha value is -1.04. The molecule has 1 atom stereocenters. The third-order valence-corrected chi connectivity index (χ3v) is 3.96. The van der Waals surface area contributed by atoms with E-state index in [-0.39, 0.29) is 16.1 Å². The monoisotopic (exact) mass is 349 g/mol. The molecule has 0 fully saturated rings. The molecule has 0 amide bonds. The van der Waals surface area contributed by atoms with Crippen molar-refractivity contribution in [3.8, 4) is 0 Å². The van der Waals surface area contributed by atoms with Crippen molar-refractivity contribution in [3.63, 3.8) is 0 Å². The predicted octanol–water partition coefficient (Wildman–Crippen LogP) is 4.57. The van der Waals surface area contributed by atoms with Crippen molar-refractivity contribution in [1.29, 1.82) is 0 Å². The Kier molecular flexibility index (Phi) is 4.18. The Morgan fingerprint density at radius 3 is 2.37 bits per heavy atom. The smallest absolute Gasteiger partial charge is 0.159 e. The van der Waals surface area contributed by atoms with E-state index in [0.717, 1.165) is 12.1 Å². The molecule has 0 aliphatic heterocycles. The minimum Gasteiger partial charge on any atom is -0.320 e. The molecule has 0 aliphatic carbocycles. The lowest BCUT2D eigenvalue weighted by Crippen LogP contribution is -2.14. The fourth-order valence-electron chi connectivity index (χ4n) is 1.67. The van der Waals surface area contributed by atoms with Gasteiger partial charge in [0, 0.05) is 10.0 Å². The maximum Gasteiger partial charge on any atom is 0.159 e. The fraction of sp³-hybridized carbons (Fsp3) is 0.0769. The maximum atomic E-state index is 14.0. The zero-order valence-electron chi connectivity index (χ0n) is 9.43. The zero-order chi connectivity index (χ0) is 14.2. The van der Waals surface area contributed by atoms with Crippen LogP contribution in [0.3, 0.4) is 0 Å². The van der Waals surface area contributed by atoms with E-state index in [4.69, 9.17) is 17.3 Å². The van der Waals surface area contributed by atoms with E-state index in [1.54, 1.807) is 6.07 Å². The largest absolute Gasteiger partial charge is 0.320 e. The highest BCUT2D eigenvalue weighted by molar-refractivity contribution is 9.10. The van der Waals surface area contributed by atoms with Gasteiger partial charge >= 0.3 is 0 Å². The van der Waals surface area contributed by atoms with Crippen LogP contribution in [0.1, 0.15) is 17.2 Å². The van der Waals surface area contributed by atoms with Crippen LogP contribution < -0.4 is 5.73 Å². The Labute approximate surface area is 121 Å². The van der Waals surface area contributed by atoms with Crippen LogP contribution in [0.5, 0.6) is 0 Å². The van der Waals surface area contributed by atoms with Crippen LogP contribution in [0.4, 0.5) is 13.2 Å². The molecule has 0 spiro atoms. The Bertz CT molecular complexity index is 634. The quantitative estimate of drug-likeness (QED) is 0.789. The van der Waals surface area contributed by atoms with Gasteiger partial charge in [0.15, 0.2) is 11.6 Å². The van der Waals surface area contributed by atoms with Gasteiger partial charge in [-0.2, -0.15) is 0 Å². The van der Waals surface area contributed by atoms with Crippen LogP contribution in [0.25, 0.3) is 0 Å². The number of benzene rings is 2. The van der Waals surface area contributed by atoms with Gasteiger partial charge in [-0.25, -0.2) is 13.2 Å². The summed E-state index contributed by atoms with van der Waals surface area (Å²) in [5.41, 5.74) is 6.22. The van der Waals surface area contributed by atoms with Gasteiger partial charge in [0.25, 0.3) is 0 Å². The molecule has 0 bridgehead atoms. The van der Waals surface area contributed by atoms with Crippen molar-refractivity contribution in [1.82, 2.24) is 0 Å². The first kappa shape index (κ1) is 14.4. The molecule has 2 N–H and O–H groups in total. The van der Waals surface area contributed by atoms with Crippen molar-refractivity contribution in [2.45, 2.75) is 6.04 Å². The Balaban J connectivity index is 2.47. The first-order valence-electron chi connectivity index (χ1n) is 5.25. The second-order valence-electron chi connectivity index (χ2n) is 3.92. The van der Waals surface area contributed by atoms with E-state index in [1.165, 1.54) is 12.1 Å². The summed E-state index contributed by atoms with van der Waals surface area (Å²) in [5.74, 6) is -2.70. The van der Waals surface area contributed by atoms with Crippen LogP contribution in [0.2, 0.25) is 5.02 Å². The third kappa shape index (κ3) is 2.78. The first-order chi connectivity index (χ1) is 8.91. The minimum absolute atomic E-state index is 0.101. The van der Waals surface area contributed by atoms with E-state index in [9.17, 15) is 13.2 Å². The molecule has 0 radical (unpaired) electrons. The lowest BCUT2D eigenvalue weighted by Gasteiger charge is -2.15. The molecule has 0 aliphatic rings. The summed E-state index contributed by atoms with van der Waals surface area (Å²) in [6.07, 6.45) is 0. The molecular weight excluding hydrogens is 343 g/mol. The van der Waals surface area contributed by atoms with Gasteiger partial charge < -0.3 is 5.73 Å². The van der Waals surface area contributed by atoms with Crippen LogP contribution >= 0.6 is 27.5 Å². The van der Waals surface area contributed by atoms with Gasteiger partial charge in [-0.15, -0.1) is 0 Å². The van der Waals surface area contributed by atoms with Crippen LogP contribution in [-0.2, 0) is 0 Å². The molecule has 1 nitrogen and oxygen atoms in total. The number of rotatable bonds is 2. The molecule has 2 aromatic carbocycles. The summed E-state index contributed by atoms with van der Waals surface area (Å²) in [5, 5.41) is -0.101. The van der Waals surface area contributed by atoms with Gasteiger partial charge in [0.1, 0.15) is 5.82 Å². The van der Waals surface area contributed by atoms with Crippen molar-refractivity contribution in [2.24, 2.45) is 5.73 Å². The third-order valence-electron chi connectivity index (χ3n) is 2.70. The van der Waals surface area contributed by atoms with Crippen LogP contribution in [0, 0.1) is 17.5 Å². The van der Waals surface area contributed by atoms with E-state index in [1.807, 2.05) is 0 Å². The second-order valence-corrected chi connectivity index (χ2v) is 5.15. The van der Waals surface area contributed by atoms with Crippen molar-refractivity contribution in [2.75, 3.05) is 0 Å². The summed E-state index contributed by atoms with van der Waals surface area (Å²) in [6, 6.07) is 5.25. The van der Waals surface area contributed by atoms with Crippen molar-refractivity contribution >= 4 is 27.5 Å². The van der Waals surface area contributed by atoms with E-state index < -0.39 is 23.5 Å². The Morgan fingerprint density at radius 2 is 1.74 bits per heavy atom. The number of nitrogens with two attached hydrogens (primary N) is 1. The second kappa shape index (κ2) is 5.53. The number of halogens is 5. The summed E-state index contributed by atoms with van der Waals surface area (Å²) in [6.45, 7) is 0. The van der Waals surface area contributed by atoms with E-state index in [2.05, 4.69) is 15.9 Å². The molecule has 0 saturated heterocycles. The SMILES string of the molecule is NC(c1ccc(F)c(F)c1)c1ccc(Br)c(Cl)c1F. The summed E-state index contributed by atoms with van der Waals surface area (Å²) in [4.78, 5) is 0. The summed E-state index contributed by atoms with van der Waals surface area (Å²) < 4.78 is 40.3. The van der Waals surface area contributed by atoms with Gasteiger partial charge in [-0.05, 0) is 39.7 Å². The molecule has 100 valence electrons. The summed E-state index contributed by atoms with van der Waals surface area (Å²) >= 11 is 8.84. The number of hydrogen-bond acceptors (Lipinski definition) is 1. The molecule has 6 heteroatoms. The topological polar surface area (TPSA) is 26.0 Å². The summed E-state index contributed by atoms with van der Waals surface area (Å²) in [7, 11) is 0. The molecule has 1 unspecified atom stereocenters. The highest BCUT2D eigenvalue weighted by atomic mass is 79.9. The molecule has 0 saturated carbocycles. The van der Waals surface area contributed by atoms with E-state index in [0.29, 0.717) is 4.47 Å². The fourth-order valence-corrected chi connectivity index (χ4v) is 2.14. The van der Waals surface area contributed by atoms with E-state index >= 15 is 0 Å². The van der Waals surface area contributed by atoms with Crippen molar-refractivity contribution in [3.05, 3.63) is 68.4 Å². The molecular formula is C13H8BrClF3N. The highest BCUT2D eigenvalue weighted by Gasteiger charge is 2.18. The maximum absolute atomic E-state index is 14.0. The molecule has 2 aromatic rings. The number of hydrogen-bond donors (Lipinski definition) is 1. The Morgan fingerprint density at radius 1 is 1.05 bits per heavy atom. The van der Waals surface area contributed by atoms with Gasteiger partial charge in [-0.1, -0.05) is 23.7 Å². The molecule has 19 heavy (non-hydrogen) atoms. The molecule has 0 aromatic heterocycles. The van der Waals surface area contributed by atoms with Gasteiger partial charge in [-0.3, -0.25) is 0 Å². The lowest BCUT2D eigenvalue weighted by molar-refractivity contribution is 0.506. The standard InChI is InChI=1S/C13H8BrClF3N/c14-8-3-2-7(12(18)11(8)15)13(19)6-1-4-9(16)10(17)5-6/h1-5,13H,19H2. The highest BCUT2D eigenvalue weighted by Crippen LogP contribution is 2.32. The van der Waals surface area contributed by atoms with Crippen LogP contribution in [-0.4, -0.2) is 0 Å². The predicted molar refractivity (Wildman–Crippen MR) is 71.5 cm³/mol. The van der Waals surface area contributed by atoms with Crippen molar-refractivity contribution < 1.29 is 13.2 Å². The first-order valence-corrected chi connectivity index (χ1v) is 6.43. The zero-order valence-corrected chi connectivity index (χ0v) is 11.8. The normalized spacial score (nSPS) is 12.5. The van der Waals surface area contributed by atoms with Gasteiger partial charge in [0.2, 0.25) is 0 Å².